The number of amides is 1. The summed E-state index contributed by atoms with van der Waals surface area (Å²) >= 11 is 6.03. The lowest BCUT2D eigenvalue weighted by Gasteiger charge is -2.16. The van der Waals surface area contributed by atoms with Crippen molar-refractivity contribution in [3.05, 3.63) is 58.4 Å². The molecule has 0 aliphatic carbocycles. The molecule has 3 aromatic rings. The van der Waals surface area contributed by atoms with Crippen LogP contribution in [0.15, 0.2) is 40.9 Å². The standard InChI is InChI=1S/C20H20ClN3O2/c1-13-16-10-15(21)5-6-17(16)26-19(13)20(25)23-12-14-4-7-18(22-11-14)24-8-2-3-9-24/h4-7,10-11H,2-3,8-9,12H2,1H3,(H,23,25). The van der Waals surface area contributed by atoms with Gasteiger partial charge < -0.3 is 14.6 Å². The number of pyridine rings is 1. The molecule has 0 bridgehead atoms. The van der Waals surface area contributed by atoms with Crippen molar-refractivity contribution in [1.29, 1.82) is 0 Å². The van der Waals surface area contributed by atoms with E-state index >= 15 is 0 Å². The molecule has 1 aliphatic heterocycles. The molecule has 1 saturated heterocycles. The average molecular weight is 370 g/mol. The monoisotopic (exact) mass is 369 g/mol. The smallest absolute Gasteiger partial charge is 0.287 e. The van der Waals surface area contributed by atoms with E-state index in [2.05, 4.69) is 15.2 Å². The normalized spacial score (nSPS) is 14.2. The van der Waals surface area contributed by atoms with E-state index < -0.39 is 0 Å². The zero-order chi connectivity index (χ0) is 18.1. The van der Waals surface area contributed by atoms with Crippen LogP contribution in [-0.2, 0) is 6.54 Å². The number of halogens is 1. The number of hydrogen-bond acceptors (Lipinski definition) is 4. The van der Waals surface area contributed by atoms with E-state index in [9.17, 15) is 4.79 Å². The topological polar surface area (TPSA) is 58.4 Å². The molecule has 0 spiro atoms. The van der Waals surface area contributed by atoms with Crippen molar-refractivity contribution < 1.29 is 9.21 Å². The Bertz CT molecular complexity index is 944. The first-order valence-corrected chi connectivity index (χ1v) is 9.16. The van der Waals surface area contributed by atoms with Gasteiger partial charge in [0, 0.05) is 41.8 Å². The molecule has 134 valence electrons. The largest absolute Gasteiger partial charge is 0.451 e. The number of nitrogens with one attached hydrogen (secondary N) is 1. The van der Waals surface area contributed by atoms with Crippen molar-refractivity contribution in [2.24, 2.45) is 0 Å². The summed E-state index contributed by atoms with van der Waals surface area (Å²) in [6.45, 7) is 4.41. The fourth-order valence-electron chi connectivity index (χ4n) is 3.33. The van der Waals surface area contributed by atoms with Gasteiger partial charge in [0.05, 0.1) is 0 Å². The molecule has 1 N–H and O–H groups in total. The Morgan fingerprint density at radius 3 is 2.81 bits per heavy atom. The van der Waals surface area contributed by atoms with Gasteiger partial charge in [0.1, 0.15) is 11.4 Å². The minimum Gasteiger partial charge on any atom is -0.451 e. The zero-order valence-corrected chi connectivity index (χ0v) is 15.3. The molecule has 0 saturated carbocycles. The number of nitrogens with zero attached hydrogens (tertiary/aromatic N) is 2. The number of furan rings is 1. The van der Waals surface area contributed by atoms with Crippen LogP contribution >= 0.6 is 11.6 Å². The number of carbonyl (C=O) groups is 1. The van der Waals surface area contributed by atoms with Crippen molar-refractivity contribution in [2.75, 3.05) is 18.0 Å². The third kappa shape index (κ3) is 3.27. The van der Waals surface area contributed by atoms with Gasteiger partial charge in [-0.25, -0.2) is 4.98 Å². The summed E-state index contributed by atoms with van der Waals surface area (Å²) in [5.41, 5.74) is 2.41. The van der Waals surface area contributed by atoms with Crippen molar-refractivity contribution in [1.82, 2.24) is 10.3 Å². The SMILES string of the molecule is Cc1c(C(=O)NCc2ccc(N3CCCC3)nc2)oc2ccc(Cl)cc12. The number of carbonyl (C=O) groups excluding carboxylic acids is 1. The maximum atomic E-state index is 12.5. The minimum absolute atomic E-state index is 0.238. The number of fused-ring (bicyclic) bond motifs is 1. The van der Waals surface area contributed by atoms with Crippen molar-refractivity contribution in [3.8, 4) is 0 Å². The van der Waals surface area contributed by atoms with Gasteiger partial charge in [-0.1, -0.05) is 17.7 Å². The summed E-state index contributed by atoms with van der Waals surface area (Å²) in [7, 11) is 0. The summed E-state index contributed by atoms with van der Waals surface area (Å²) in [5, 5.41) is 4.38. The van der Waals surface area contributed by atoms with Crippen LogP contribution in [0.5, 0.6) is 0 Å². The van der Waals surface area contributed by atoms with E-state index in [1.54, 1.807) is 12.1 Å². The predicted octanol–water partition coefficient (Wildman–Crippen LogP) is 4.32. The van der Waals surface area contributed by atoms with Crippen LogP contribution in [-0.4, -0.2) is 24.0 Å². The van der Waals surface area contributed by atoms with Gasteiger partial charge in [-0.15, -0.1) is 0 Å². The maximum Gasteiger partial charge on any atom is 0.287 e. The molecule has 5 nitrogen and oxygen atoms in total. The number of rotatable bonds is 4. The molecule has 3 heterocycles. The molecule has 1 aliphatic rings. The van der Waals surface area contributed by atoms with Crippen LogP contribution in [0.3, 0.4) is 0 Å². The van der Waals surface area contributed by atoms with Gasteiger partial charge in [0.25, 0.3) is 5.91 Å². The van der Waals surface area contributed by atoms with E-state index in [1.165, 1.54) is 12.8 Å². The summed E-state index contributed by atoms with van der Waals surface area (Å²) in [4.78, 5) is 19.3. The van der Waals surface area contributed by atoms with Crippen LogP contribution in [0.25, 0.3) is 11.0 Å². The second-order valence-electron chi connectivity index (χ2n) is 6.60. The van der Waals surface area contributed by atoms with Crippen LogP contribution in [0, 0.1) is 6.92 Å². The Balaban J connectivity index is 1.44. The van der Waals surface area contributed by atoms with Gasteiger partial charge in [-0.05, 0) is 49.6 Å². The Labute approximate surface area is 157 Å². The van der Waals surface area contributed by atoms with Crippen LogP contribution in [0.1, 0.15) is 34.5 Å². The predicted molar refractivity (Wildman–Crippen MR) is 103 cm³/mol. The highest BCUT2D eigenvalue weighted by Crippen LogP contribution is 2.28. The third-order valence-electron chi connectivity index (χ3n) is 4.80. The second kappa shape index (κ2) is 7.00. The molecule has 1 fully saturated rings. The van der Waals surface area contributed by atoms with E-state index in [1.807, 2.05) is 31.3 Å². The zero-order valence-electron chi connectivity index (χ0n) is 14.6. The Hall–Kier alpha value is -2.53. The minimum atomic E-state index is -0.238. The molecule has 26 heavy (non-hydrogen) atoms. The third-order valence-corrected chi connectivity index (χ3v) is 5.03. The van der Waals surface area contributed by atoms with Crippen molar-refractivity contribution in [3.63, 3.8) is 0 Å². The first-order chi connectivity index (χ1) is 12.6. The van der Waals surface area contributed by atoms with Crippen LogP contribution < -0.4 is 10.2 Å². The van der Waals surface area contributed by atoms with Crippen LogP contribution in [0.4, 0.5) is 5.82 Å². The summed E-state index contributed by atoms with van der Waals surface area (Å²) in [5.74, 6) is 1.09. The summed E-state index contributed by atoms with van der Waals surface area (Å²) < 4.78 is 5.70. The summed E-state index contributed by atoms with van der Waals surface area (Å²) in [6, 6.07) is 9.37. The highest BCUT2D eigenvalue weighted by molar-refractivity contribution is 6.31. The number of hydrogen-bond donors (Lipinski definition) is 1. The van der Waals surface area contributed by atoms with Crippen molar-refractivity contribution >= 4 is 34.3 Å². The molecule has 4 rings (SSSR count). The molecule has 1 aromatic carbocycles. The molecular formula is C20H20ClN3O2. The quantitative estimate of drug-likeness (QED) is 0.744. The number of anilines is 1. The molecular weight excluding hydrogens is 350 g/mol. The number of aryl methyl sites for hydroxylation is 1. The van der Waals surface area contributed by atoms with E-state index in [0.29, 0.717) is 22.9 Å². The lowest BCUT2D eigenvalue weighted by molar-refractivity contribution is 0.0924. The van der Waals surface area contributed by atoms with E-state index in [4.69, 9.17) is 16.0 Å². The first-order valence-electron chi connectivity index (χ1n) is 8.78. The highest BCUT2D eigenvalue weighted by Gasteiger charge is 2.18. The molecule has 0 radical (unpaired) electrons. The molecule has 2 aromatic heterocycles. The fraction of sp³-hybridized carbons (Fsp3) is 0.300. The molecule has 6 heteroatoms. The second-order valence-corrected chi connectivity index (χ2v) is 7.03. The molecule has 0 atom stereocenters. The van der Waals surface area contributed by atoms with E-state index in [-0.39, 0.29) is 5.91 Å². The van der Waals surface area contributed by atoms with Gasteiger partial charge in [0.15, 0.2) is 5.76 Å². The lowest BCUT2D eigenvalue weighted by Crippen LogP contribution is -2.23. The molecule has 0 unspecified atom stereocenters. The average Bonchev–Trinajstić information content (AvgIpc) is 3.29. The first kappa shape index (κ1) is 16.9. The Morgan fingerprint density at radius 1 is 1.27 bits per heavy atom. The van der Waals surface area contributed by atoms with Crippen molar-refractivity contribution in [2.45, 2.75) is 26.3 Å². The van der Waals surface area contributed by atoms with E-state index in [0.717, 1.165) is 35.4 Å². The number of benzene rings is 1. The van der Waals surface area contributed by atoms with Gasteiger partial charge in [-0.3, -0.25) is 4.79 Å². The Kier molecular flexibility index (Phi) is 4.55. The van der Waals surface area contributed by atoms with Gasteiger partial charge in [0.2, 0.25) is 0 Å². The highest BCUT2D eigenvalue weighted by atomic mass is 35.5. The van der Waals surface area contributed by atoms with Gasteiger partial charge in [-0.2, -0.15) is 0 Å². The Morgan fingerprint density at radius 2 is 2.08 bits per heavy atom. The van der Waals surface area contributed by atoms with Gasteiger partial charge >= 0.3 is 0 Å². The number of aromatic nitrogens is 1. The fourth-order valence-corrected chi connectivity index (χ4v) is 3.50. The van der Waals surface area contributed by atoms with Crippen LogP contribution in [0.2, 0.25) is 5.02 Å². The summed E-state index contributed by atoms with van der Waals surface area (Å²) in [6.07, 6.45) is 4.27. The lowest BCUT2D eigenvalue weighted by atomic mass is 10.1. The molecule has 1 amide bonds. The maximum absolute atomic E-state index is 12.5.